The smallest absolute Gasteiger partial charge is 0.252 e. The van der Waals surface area contributed by atoms with E-state index in [0.29, 0.717) is 17.9 Å². The lowest BCUT2D eigenvalue weighted by molar-refractivity contribution is 0.0951. The Morgan fingerprint density at radius 3 is 2.83 bits per heavy atom. The second-order valence-electron chi connectivity index (χ2n) is 5.31. The highest BCUT2D eigenvalue weighted by Gasteiger charge is 2.11. The lowest BCUT2D eigenvalue weighted by atomic mass is 10.1. The number of para-hydroxylation sites is 1. The molecule has 5 heteroatoms. The van der Waals surface area contributed by atoms with Crippen LogP contribution in [0, 0.1) is 11.3 Å². The van der Waals surface area contributed by atoms with Gasteiger partial charge in [0.1, 0.15) is 0 Å². The first-order chi connectivity index (χ1) is 11.8. The van der Waals surface area contributed by atoms with Gasteiger partial charge in [-0.1, -0.05) is 30.3 Å². The van der Waals surface area contributed by atoms with E-state index < -0.39 is 0 Å². The molecule has 3 aromatic rings. The van der Waals surface area contributed by atoms with Crippen LogP contribution in [-0.4, -0.2) is 23.2 Å². The fourth-order valence-corrected chi connectivity index (χ4v) is 3.35. The third-order valence-corrected chi connectivity index (χ3v) is 4.72. The monoisotopic (exact) mass is 335 g/mol. The zero-order chi connectivity index (χ0) is 16.8. The lowest BCUT2D eigenvalue weighted by Gasteiger charge is -2.08. The van der Waals surface area contributed by atoms with E-state index in [1.807, 2.05) is 42.6 Å². The first kappa shape index (κ1) is 16.2. The molecule has 0 spiro atoms. The summed E-state index contributed by atoms with van der Waals surface area (Å²) >= 11 is 1.38. The van der Waals surface area contributed by atoms with Crippen molar-refractivity contribution in [3.8, 4) is 6.07 Å². The minimum absolute atomic E-state index is 0.101. The Morgan fingerprint density at radius 2 is 1.96 bits per heavy atom. The Balaban J connectivity index is 1.63. The minimum Gasteiger partial charge on any atom is -0.361 e. The quantitative estimate of drug-likeness (QED) is 0.674. The molecule has 0 saturated carbocycles. The summed E-state index contributed by atoms with van der Waals surface area (Å²) in [5.41, 5.74) is 2.92. The fraction of sp³-hybridized carbons (Fsp3) is 0.158. The van der Waals surface area contributed by atoms with Crippen LogP contribution in [0.15, 0.2) is 59.6 Å². The molecule has 1 heterocycles. The number of rotatable bonds is 6. The number of nitrogens with one attached hydrogen (secondary N) is 2. The van der Waals surface area contributed by atoms with E-state index in [1.54, 1.807) is 6.07 Å². The molecule has 2 aromatic carbocycles. The summed E-state index contributed by atoms with van der Waals surface area (Å²) in [6.45, 7) is 0.567. The number of hydrogen-bond donors (Lipinski definition) is 2. The summed E-state index contributed by atoms with van der Waals surface area (Å²) < 4.78 is 0. The lowest BCUT2D eigenvalue weighted by Crippen LogP contribution is -2.26. The summed E-state index contributed by atoms with van der Waals surface area (Å²) in [6, 6.07) is 17.6. The number of nitrogens with zero attached hydrogens (tertiary/aromatic N) is 1. The largest absolute Gasteiger partial charge is 0.361 e. The van der Waals surface area contributed by atoms with Crippen molar-refractivity contribution in [3.05, 3.63) is 65.9 Å². The van der Waals surface area contributed by atoms with Crippen LogP contribution in [0.2, 0.25) is 0 Å². The van der Waals surface area contributed by atoms with E-state index in [1.165, 1.54) is 22.7 Å². The summed E-state index contributed by atoms with van der Waals surface area (Å²) in [4.78, 5) is 16.5. The molecule has 1 amide bonds. The minimum atomic E-state index is -0.101. The van der Waals surface area contributed by atoms with Gasteiger partial charge in [0.2, 0.25) is 0 Å². The molecular formula is C19H17N3OS. The van der Waals surface area contributed by atoms with E-state index in [0.717, 1.165) is 16.8 Å². The van der Waals surface area contributed by atoms with Crippen LogP contribution in [-0.2, 0) is 6.42 Å². The number of nitriles is 1. The van der Waals surface area contributed by atoms with Gasteiger partial charge < -0.3 is 10.3 Å². The molecule has 0 bridgehead atoms. The predicted octanol–water partition coefficient (Wildman–Crippen LogP) is 3.76. The molecule has 3 rings (SSSR count). The first-order valence-corrected chi connectivity index (χ1v) is 8.70. The van der Waals surface area contributed by atoms with Crippen molar-refractivity contribution in [2.24, 2.45) is 0 Å². The zero-order valence-electron chi connectivity index (χ0n) is 13.1. The van der Waals surface area contributed by atoms with Gasteiger partial charge >= 0.3 is 0 Å². The number of H-pyrrole nitrogens is 1. The van der Waals surface area contributed by atoms with Gasteiger partial charge in [-0.05, 0) is 30.2 Å². The highest BCUT2D eigenvalue weighted by molar-refractivity contribution is 7.99. The zero-order valence-corrected chi connectivity index (χ0v) is 13.9. The van der Waals surface area contributed by atoms with Crippen molar-refractivity contribution in [1.29, 1.82) is 5.26 Å². The Kier molecular flexibility index (Phi) is 5.19. The van der Waals surface area contributed by atoms with Gasteiger partial charge in [-0.25, -0.2) is 0 Å². The average molecular weight is 335 g/mol. The van der Waals surface area contributed by atoms with Gasteiger partial charge in [-0.3, -0.25) is 4.79 Å². The second-order valence-corrected chi connectivity index (χ2v) is 6.33. The van der Waals surface area contributed by atoms with E-state index in [-0.39, 0.29) is 5.91 Å². The molecule has 0 fully saturated rings. The number of aromatic amines is 1. The van der Waals surface area contributed by atoms with E-state index >= 15 is 0 Å². The number of benzene rings is 2. The Morgan fingerprint density at radius 1 is 1.17 bits per heavy atom. The Hall–Kier alpha value is -2.71. The highest BCUT2D eigenvalue weighted by atomic mass is 32.2. The molecule has 0 atom stereocenters. The molecule has 0 aliphatic heterocycles. The molecule has 1 aromatic heterocycles. The SMILES string of the molecule is N#CCSc1ccccc1C(=O)NCCc1c[nH]c2ccccc12. The van der Waals surface area contributed by atoms with Crippen molar-refractivity contribution in [1.82, 2.24) is 10.3 Å². The summed E-state index contributed by atoms with van der Waals surface area (Å²) in [5.74, 6) is 0.232. The van der Waals surface area contributed by atoms with Gasteiger partial charge in [0, 0.05) is 28.5 Å². The van der Waals surface area contributed by atoms with Crippen LogP contribution in [0.3, 0.4) is 0 Å². The number of carbonyl (C=O) groups excluding carboxylic acids is 1. The normalized spacial score (nSPS) is 10.5. The van der Waals surface area contributed by atoms with Crippen LogP contribution < -0.4 is 5.32 Å². The van der Waals surface area contributed by atoms with Crippen LogP contribution in [0.5, 0.6) is 0 Å². The van der Waals surface area contributed by atoms with Gasteiger partial charge in [0.25, 0.3) is 5.91 Å². The average Bonchev–Trinajstić information content (AvgIpc) is 3.03. The standard InChI is InChI=1S/C19H17N3OS/c20-10-12-24-18-8-4-2-6-16(18)19(23)21-11-9-14-13-22-17-7-3-1-5-15(14)17/h1-8,13,22H,9,11-12H2,(H,21,23). The van der Waals surface area contributed by atoms with E-state index in [2.05, 4.69) is 22.4 Å². The summed E-state index contributed by atoms with van der Waals surface area (Å²) in [5, 5.41) is 12.9. The highest BCUT2D eigenvalue weighted by Crippen LogP contribution is 2.22. The van der Waals surface area contributed by atoms with Gasteiger partial charge in [0.05, 0.1) is 17.4 Å². The number of aromatic nitrogens is 1. The Labute approximate surface area is 144 Å². The van der Waals surface area contributed by atoms with Crippen LogP contribution in [0.4, 0.5) is 0 Å². The van der Waals surface area contributed by atoms with Crippen molar-refractivity contribution in [2.45, 2.75) is 11.3 Å². The number of fused-ring (bicyclic) bond motifs is 1. The third kappa shape index (κ3) is 3.61. The fourth-order valence-electron chi connectivity index (χ4n) is 2.63. The van der Waals surface area contributed by atoms with E-state index in [4.69, 9.17) is 5.26 Å². The summed E-state index contributed by atoms with van der Waals surface area (Å²) in [6.07, 6.45) is 2.76. The first-order valence-electron chi connectivity index (χ1n) is 7.71. The van der Waals surface area contributed by atoms with Gasteiger partial charge in [-0.15, -0.1) is 11.8 Å². The number of thioether (sulfide) groups is 1. The molecule has 4 nitrogen and oxygen atoms in total. The van der Waals surface area contributed by atoms with Crippen molar-refractivity contribution in [2.75, 3.05) is 12.3 Å². The second kappa shape index (κ2) is 7.71. The number of amides is 1. The predicted molar refractivity (Wildman–Crippen MR) is 97.1 cm³/mol. The Bertz CT molecular complexity index is 895. The maximum atomic E-state index is 12.4. The van der Waals surface area contributed by atoms with Crippen molar-refractivity contribution >= 4 is 28.6 Å². The molecule has 0 saturated heterocycles. The molecule has 2 N–H and O–H groups in total. The molecular weight excluding hydrogens is 318 g/mol. The van der Waals surface area contributed by atoms with E-state index in [9.17, 15) is 4.79 Å². The third-order valence-electron chi connectivity index (χ3n) is 3.78. The topological polar surface area (TPSA) is 68.7 Å². The van der Waals surface area contributed by atoms with Gasteiger partial charge in [0.15, 0.2) is 0 Å². The van der Waals surface area contributed by atoms with Crippen molar-refractivity contribution in [3.63, 3.8) is 0 Å². The number of carbonyl (C=O) groups is 1. The van der Waals surface area contributed by atoms with Crippen LogP contribution in [0.1, 0.15) is 15.9 Å². The molecule has 0 aliphatic carbocycles. The summed E-state index contributed by atoms with van der Waals surface area (Å²) in [7, 11) is 0. The molecule has 120 valence electrons. The van der Waals surface area contributed by atoms with Crippen LogP contribution in [0.25, 0.3) is 10.9 Å². The molecule has 0 aliphatic rings. The molecule has 0 unspecified atom stereocenters. The number of hydrogen-bond acceptors (Lipinski definition) is 3. The maximum Gasteiger partial charge on any atom is 0.252 e. The molecule has 0 radical (unpaired) electrons. The van der Waals surface area contributed by atoms with Gasteiger partial charge in [-0.2, -0.15) is 5.26 Å². The molecule has 24 heavy (non-hydrogen) atoms. The van der Waals surface area contributed by atoms with Crippen LogP contribution >= 0.6 is 11.8 Å². The van der Waals surface area contributed by atoms with Crippen molar-refractivity contribution < 1.29 is 4.79 Å². The maximum absolute atomic E-state index is 12.4.